The van der Waals surface area contributed by atoms with E-state index in [1.807, 2.05) is 12.1 Å². The van der Waals surface area contributed by atoms with Gasteiger partial charge in [0.15, 0.2) is 0 Å². The maximum absolute atomic E-state index is 11.3. The van der Waals surface area contributed by atoms with E-state index >= 15 is 0 Å². The molecule has 0 spiro atoms. The molecule has 1 amide bonds. The molecule has 0 aromatic heterocycles. The van der Waals surface area contributed by atoms with Gasteiger partial charge in [-0.1, -0.05) is 12.1 Å². The number of carbonyl (C=O) groups excluding carboxylic acids is 1. The van der Waals surface area contributed by atoms with Gasteiger partial charge in [-0.3, -0.25) is 0 Å². The highest BCUT2D eigenvalue weighted by Gasteiger charge is 2.44. The summed E-state index contributed by atoms with van der Waals surface area (Å²) in [5, 5.41) is 2.82. The van der Waals surface area contributed by atoms with E-state index in [0.29, 0.717) is 13.2 Å². The van der Waals surface area contributed by atoms with E-state index in [9.17, 15) is 4.79 Å². The van der Waals surface area contributed by atoms with Crippen molar-refractivity contribution in [2.75, 3.05) is 20.3 Å². The number of methoxy groups -OCH3 is 1. The molecule has 18 heavy (non-hydrogen) atoms. The van der Waals surface area contributed by atoms with Crippen LogP contribution in [0.5, 0.6) is 5.75 Å². The van der Waals surface area contributed by atoms with E-state index in [-0.39, 0.29) is 11.5 Å². The molecule has 0 unspecified atom stereocenters. The molecule has 1 fully saturated rings. The van der Waals surface area contributed by atoms with Crippen molar-refractivity contribution in [2.24, 2.45) is 0 Å². The lowest BCUT2D eigenvalue weighted by Gasteiger charge is -2.16. The first kappa shape index (κ1) is 12.7. The summed E-state index contributed by atoms with van der Waals surface area (Å²) in [6.45, 7) is 2.84. The fourth-order valence-corrected chi connectivity index (χ4v) is 2.09. The highest BCUT2D eigenvalue weighted by atomic mass is 16.5. The van der Waals surface area contributed by atoms with Gasteiger partial charge in [-0.15, -0.1) is 0 Å². The van der Waals surface area contributed by atoms with Gasteiger partial charge in [0.1, 0.15) is 5.75 Å². The summed E-state index contributed by atoms with van der Waals surface area (Å²) < 4.78 is 10.0. The number of carbonyl (C=O) groups is 1. The third kappa shape index (κ3) is 2.75. The number of amides is 1. The van der Waals surface area contributed by atoms with Crippen LogP contribution in [0.1, 0.15) is 25.3 Å². The van der Waals surface area contributed by atoms with Crippen LogP contribution < -0.4 is 10.1 Å². The zero-order chi connectivity index (χ0) is 13.0. The van der Waals surface area contributed by atoms with Crippen LogP contribution in [0.2, 0.25) is 0 Å². The maximum Gasteiger partial charge on any atom is 0.407 e. The van der Waals surface area contributed by atoms with E-state index in [4.69, 9.17) is 9.47 Å². The van der Waals surface area contributed by atoms with Crippen LogP contribution in [0.3, 0.4) is 0 Å². The van der Waals surface area contributed by atoms with Gasteiger partial charge in [-0.2, -0.15) is 0 Å². The Morgan fingerprint density at radius 2 is 2.00 bits per heavy atom. The minimum absolute atomic E-state index is 0.0963. The topological polar surface area (TPSA) is 47.6 Å². The van der Waals surface area contributed by atoms with E-state index < -0.39 is 0 Å². The lowest BCUT2D eigenvalue weighted by atomic mass is 9.96. The highest BCUT2D eigenvalue weighted by Crippen LogP contribution is 2.47. The molecule has 1 aromatic rings. The lowest BCUT2D eigenvalue weighted by molar-refractivity contribution is 0.151. The molecule has 1 aromatic carbocycles. The SMILES string of the molecule is CCOC(=O)NCC1(c2ccc(OC)cc2)CC1. The minimum atomic E-state index is -0.336. The van der Waals surface area contributed by atoms with Crippen molar-refractivity contribution in [3.8, 4) is 5.75 Å². The summed E-state index contributed by atoms with van der Waals surface area (Å²) in [6, 6.07) is 8.05. The van der Waals surface area contributed by atoms with Crippen LogP contribution >= 0.6 is 0 Å². The molecule has 0 bridgehead atoms. The van der Waals surface area contributed by atoms with Crippen LogP contribution in [0.25, 0.3) is 0 Å². The second kappa shape index (κ2) is 5.29. The van der Waals surface area contributed by atoms with Crippen LogP contribution in [0, 0.1) is 0 Å². The first-order valence-corrected chi connectivity index (χ1v) is 6.25. The smallest absolute Gasteiger partial charge is 0.407 e. The molecule has 2 rings (SSSR count). The number of nitrogens with one attached hydrogen (secondary N) is 1. The summed E-state index contributed by atoms with van der Waals surface area (Å²) >= 11 is 0. The fraction of sp³-hybridized carbons (Fsp3) is 0.500. The summed E-state index contributed by atoms with van der Waals surface area (Å²) in [6.07, 6.45) is 1.87. The van der Waals surface area contributed by atoms with Gasteiger partial charge in [0.05, 0.1) is 13.7 Å². The summed E-state index contributed by atoms with van der Waals surface area (Å²) in [7, 11) is 1.66. The van der Waals surface area contributed by atoms with Gasteiger partial charge in [-0.25, -0.2) is 4.79 Å². The van der Waals surface area contributed by atoms with E-state index in [1.54, 1.807) is 14.0 Å². The average Bonchev–Trinajstić information content (AvgIpc) is 3.18. The number of alkyl carbamates (subject to hydrolysis) is 1. The molecule has 0 heterocycles. The third-order valence-electron chi connectivity index (χ3n) is 3.40. The number of ether oxygens (including phenoxy) is 2. The molecule has 1 aliphatic rings. The molecule has 0 atom stereocenters. The van der Waals surface area contributed by atoms with Crippen LogP contribution in [0.15, 0.2) is 24.3 Å². The van der Waals surface area contributed by atoms with Crippen molar-refractivity contribution in [2.45, 2.75) is 25.2 Å². The number of hydrogen-bond donors (Lipinski definition) is 1. The Balaban J connectivity index is 1.96. The molecule has 4 nitrogen and oxygen atoms in total. The van der Waals surface area contributed by atoms with Crippen molar-refractivity contribution in [1.29, 1.82) is 0 Å². The first-order valence-electron chi connectivity index (χ1n) is 6.25. The third-order valence-corrected chi connectivity index (χ3v) is 3.40. The summed E-state index contributed by atoms with van der Waals surface area (Å²) in [4.78, 5) is 11.3. The molecule has 4 heteroatoms. The molecule has 1 aliphatic carbocycles. The van der Waals surface area contributed by atoms with E-state index in [1.165, 1.54) is 5.56 Å². The van der Waals surface area contributed by atoms with Crippen molar-refractivity contribution in [3.63, 3.8) is 0 Å². The van der Waals surface area contributed by atoms with Crippen LogP contribution in [-0.4, -0.2) is 26.4 Å². The maximum atomic E-state index is 11.3. The Morgan fingerprint density at radius 3 is 2.50 bits per heavy atom. The molecular weight excluding hydrogens is 230 g/mol. The van der Waals surface area contributed by atoms with Gasteiger partial charge in [0, 0.05) is 12.0 Å². The van der Waals surface area contributed by atoms with Gasteiger partial charge in [-0.05, 0) is 37.5 Å². The van der Waals surface area contributed by atoms with Gasteiger partial charge in [0.25, 0.3) is 0 Å². The number of hydrogen-bond acceptors (Lipinski definition) is 3. The average molecular weight is 249 g/mol. The Bertz CT molecular complexity index is 410. The van der Waals surface area contributed by atoms with Crippen LogP contribution in [-0.2, 0) is 10.2 Å². The largest absolute Gasteiger partial charge is 0.497 e. The number of benzene rings is 1. The second-order valence-electron chi connectivity index (χ2n) is 4.58. The normalized spacial score (nSPS) is 15.9. The van der Waals surface area contributed by atoms with Crippen LogP contribution in [0.4, 0.5) is 4.79 Å². The van der Waals surface area contributed by atoms with E-state index in [0.717, 1.165) is 18.6 Å². The van der Waals surface area contributed by atoms with Gasteiger partial charge < -0.3 is 14.8 Å². The molecule has 98 valence electrons. The minimum Gasteiger partial charge on any atom is -0.497 e. The van der Waals surface area contributed by atoms with Gasteiger partial charge in [0.2, 0.25) is 0 Å². The Morgan fingerprint density at radius 1 is 1.33 bits per heavy atom. The molecule has 1 saturated carbocycles. The summed E-state index contributed by atoms with van der Waals surface area (Å²) in [5.74, 6) is 0.855. The Hall–Kier alpha value is -1.71. The summed E-state index contributed by atoms with van der Waals surface area (Å²) in [5.41, 5.74) is 1.35. The van der Waals surface area contributed by atoms with E-state index in [2.05, 4.69) is 17.4 Å². The second-order valence-corrected chi connectivity index (χ2v) is 4.58. The molecule has 0 radical (unpaired) electrons. The number of rotatable bonds is 5. The van der Waals surface area contributed by atoms with Crippen molar-refractivity contribution in [3.05, 3.63) is 29.8 Å². The lowest BCUT2D eigenvalue weighted by Crippen LogP contribution is -2.32. The Labute approximate surface area is 107 Å². The standard InChI is InChI=1S/C14H19NO3/c1-3-18-13(16)15-10-14(8-9-14)11-4-6-12(17-2)7-5-11/h4-7H,3,8-10H2,1-2H3,(H,15,16). The van der Waals surface area contributed by atoms with Crippen molar-refractivity contribution in [1.82, 2.24) is 5.32 Å². The Kier molecular flexibility index (Phi) is 3.75. The molecule has 0 aliphatic heterocycles. The fourth-order valence-electron chi connectivity index (χ4n) is 2.09. The molecular formula is C14H19NO3. The predicted octanol–water partition coefficient (Wildman–Crippen LogP) is 2.47. The van der Waals surface area contributed by atoms with Gasteiger partial charge >= 0.3 is 6.09 Å². The molecule has 1 N–H and O–H groups in total. The first-order chi connectivity index (χ1) is 8.70. The highest BCUT2D eigenvalue weighted by molar-refractivity contribution is 5.67. The molecule has 0 saturated heterocycles. The quantitative estimate of drug-likeness (QED) is 0.872. The predicted molar refractivity (Wildman–Crippen MR) is 68.9 cm³/mol. The zero-order valence-electron chi connectivity index (χ0n) is 10.9. The monoisotopic (exact) mass is 249 g/mol. The zero-order valence-corrected chi connectivity index (χ0v) is 10.9. The van der Waals surface area contributed by atoms with Crippen molar-refractivity contribution < 1.29 is 14.3 Å². The van der Waals surface area contributed by atoms with Crippen molar-refractivity contribution >= 4 is 6.09 Å².